The molecule has 0 unspecified atom stereocenters. The molecule has 0 N–H and O–H groups in total. The largest absolute Gasteiger partial charge is 0.0888 e. The summed E-state index contributed by atoms with van der Waals surface area (Å²) in [6.45, 7) is 0. The number of rotatable bonds is 3. The Hall–Kier alpha value is -5.11. The molecule has 0 fully saturated rings. The zero-order valence-corrected chi connectivity index (χ0v) is 23.6. The van der Waals surface area contributed by atoms with E-state index in [0.717, 1.165) is 42.8 Å². The second-order valence-electron chi connectivity index (χ2n) is 10.6. The fourth-order valence-corrected chi connectivity index (χ4v) is 7.57. The van der Waals surface area contributed by atoms with Crippen molar-refractivity contribution in [1.82, 2.24) is 0 Å². The van der Waals surface area contributed by atoms with E-state index in [4.69, 9.17) is 5.48 Å². The molecule has 0 nitrogen and oxygen atoms in total. The maximum atomic E-state index is 9.37. The van der Waals surface area contributed by atoms with Gasteiger partial charge in [0, 0.05) is 15.2 Å². The van der Waals surface area contributed by atoms with Gasteiger partial charge in [-0.2, -0.15) is 0 Å². The molecule has 1 aliphatic heterocycles. The summed E-state index contributed by atoms with van der Waals surface area (Å²) in [5, 5.41) is 2.66. The highest BCUT2D eigenvalue weighted by atomic mass is 32.2. The van der Waals surface area contributed by atoms with Crippen molar-refractivity contribution >= 4 is 44.1 Å². The second-order valence-corrected chi connectivity index (χ2v) is 11.7. The second kappa shape index (κ2) is 9.73. The Labute approximate surface area is 266 Å². The van der Waals surface area contributed by atoms with Crippen molar-refractivity contribution in [2.75, 3.05) is 0 Å². The van der Waals surface area contributed by atoms with Crippen LogP contribution in [0.5, 0.6) is 0 Å². The molecule has 0 radical (unpaired) electrons. The van der Waals surface area contributed by atoms with E-state index in [9.17, 15) is 5.48 Å². The van der Waals surface area contributed by atoms with Crippen LogP contribution in [-0.4, -0.2) is 0 Å². The van der Waals surface area contributed by atoms with E-state index >= 15 is 0 Å². The standard InChI is InChI=1S/C42H26S/c1-2-11-27(12-3-1)28-21-23-29(24-22-28)40-32-14-4-6-16-34(32)41(35-17-7-5-15-33(35)40)37-25-26-39-42-31(18-10-19-36(37)42)30-13-8-9-20-38(30)43-39/h1-26H/i4D,5D,6D,7D,14D,15D,16D,17D. The van der Waals surface area contributed by atoms with E-state index in [0.29, 0.717) is 22.3 Å². The first-order chi connectivity index (χ1) is 24.7. The summed E-state index contributed by atoms with van der Waals surface area (Å²) in [5.74, 6) is 0. The molecule has 8 aromatic carbocycles. The van der Waals surface area contributed by atoms with Gasteiger partial charge in [-0.1, -0.05) is 157 Å². The van der Waals surface area contributed by atoms with Gasteiger partial charge in [0.25, 0.3) is 0 Å². The van der Waals surface area contributed by atoms with E-state index < -0.39 is 24.2 Å². The van der Waals surface area contributed by atoms with Crippen molar-refractivity contribution in [1.29, 1.82) is 0 Å². The average Bonchev–Trinajstić information content (AvgIpc) is 3.17. The van der Waals surface area contributed by atoms with Crippen molar-refractivity contribution in [2.24, 2.45) is 0 Å². The lowest BCUT2D eigenvalue weighted by Gasteiger charge is -2.23. The van der Waals surface area contributed by atoms with Crippen molar-refractivity contribution in [3.05, 3.63) is 158 Å². The summed E-state index contributed by atoms with van der Waals surface area (Å²) in [6, 6.07) is 32.9. The van der Waals surface area contributed by atoms with Crippen LogP contribution in [0.25, 0.3) is 76.8 Å². The van der Waals surface area contributed by atoms with E-state index in [1.807, 2.05) is 91.0 Å². The first-order valence-corrected chi connectivity index (χ1v) is 14.9. The Morgan fingerprint density at radius 2 is 0.953 bits per heavy atom. The normalized spacial score (nSPS) is 14.7. The van der Waals surface area contributed by atoms with Crippen LogP contribution in [0.4, 0.5) is 0 Å². The Morgan fingerprint density at radius 3 is 1.67 bits per heavy atom. The molecule has 1 aliphatic rings. The van der Waals surface area contributed by atoms with Gasteiger partial charge in [-0.15, -0.1) is 0 Å². The van der Waals surface area contributed by atoms with Gasteiger partial charge in [-0.3, -0.25) is 0 Å². The maximum Gasteiger partial charge on any atom is 0.0629 e. The third-order valence-corrected chi connectivity index (χ3v) is 9.46. The molecule has 8 aromatic rings. The minimum absolute atomic E-state index is 0.209. The van der Waals surface area contributed by atoms with Crippen LogP contribution in [-0.2, 0) is 0 Å². The average molecular weight is 571 g/mol. The molecule has 0 atom stereocenters. The zero-order chi connectivity index (χ0) is 35.3. The van der Waals surface area contributed by atoms with E-state index in [1.165, 1.54) is 0 Å². The van der Waals surface area contributed by atoms with Crippen LogP contribution in [0, 0.1) is 0 Å². The molecule has 0 amide bonds. The summed E-state index contributed by atoms with van der Waals surface area (Å²) in [6.07, 6.45) is 0. The minimum atomic E-state index is -0.411. The van der Waals surface area contributed by atoms with Gasteiger partial charge in [0.15, 0.2) is 0 Å². The van der Waals surface area contributed by atoms with Crippen molar-refractivity contribution in [2.45, 2.75) is 9.79 Å². The van der Waals surface area contributed by atoms with Gasteiger partial charge >= 0.3 is 0 Å². The highest BCUT2D eigenvalue weighted by Crippen LogP contribution is 2.51. The molecule has 1 heteroatoms. The van der Waals surface area contributed by atoms with Gasteiger partial charge in [-0.05, 0) is 83.6 Å². The van der Waals surface area contributed by atoms with Crippen LogP contribution in [0.2, 0.25) is 0 Å². The molecule has 0 bridgehead atoms. The summed E-state index contributed by atoms with van der Waals surface area (Å²) >= 11 is 1.66. The fraction of sp³-hybridized carbons (Fsp3) is 0. The zero-order valence-electron chi connectivity index (χ0n) is 30.8. The summed E-state index contributed by atoms with van der Waals surface area (Å²) in [5.41, 5.74) is 5.98. The summed E-state index contributed by atoms with van der Waals surface area (Å²) in [4.78, 5) is 2.17. The summed E-state index contributed by atoms with van der Waals surface area (Å²) in [7, 11) is 0. The third kappa shape index (κ3) is 3.79. The molecule has 0 saturated carbocycles. The predicted octanol–water partition coefficient (Wildman–Crippen LogP) is 12.3. The molecule has 0 aliphatic carbocycles. The molecule has 200 valence electrons. The number of benzene rings is 8. The van der Waals surface area contributed by atoms with Gasteiger partial charge in [0.1, 0.15) is 0 Å². The molecule has 0 aromatic heterocycles. The molecule has 43 heavy (non-hydrogen) atoms. The smallest absolute Gasteiger partial charge is 0.0629 e. The number of fused-ring (bicyclic) bond motifs is 4. The van der Waals surface area contributed by atoms with Gasteiger partial charge < -0.3 is 0 Å². The highest BCUT2D eigenvalue weighted by molar-refractivity contribution is 7.99. The van der Waals surface area contributed by atoms with Crippen LogP contribution < -0.4 is 0 Å². The van der Waals surface area contributed by atoms with Gasteiger partial charge in [-0.25, -0.2) is 0 Å². The van der Waals surface area contributed by atoms with Crippen LogP contribution in [0.3, 0.4) is 0 Å². The quantitative estimate of drug-likeness (QED) is 0.190. The maximum absolute atomic E-state index is 9.37. The van der Waals surface area contributed by atoms with E-state index in [1.54, 1.807) is 11.8 Å². The number of hydrogen-bond donors (Lipinski definition) is 0. The first-order valence-electron chi connectivity index (χ1n) is 18.1. The predicted molar refractivity (Wildman–Crippen MR) is 185 cm³/mol. The van der Waals surface area contributed by atoms with Gasteiger partial charge in [0.2, 0.25) is 0 Å². The SMILES string of the molecule is [2H]c1c([2H])c([2H])c2c(-c3ccc4c5c(cccc35)-c3ccccc3S4)c3c([2H])c([2H])c([2H])c([2H])c3c(-c3ccc(-c4ccccc4)cc3)c2c1[2H]. The first kappa shape index (κ1) is 17.8. The fourth-order valence-electron chi connectivity index (χ4n) is 6.44. The van der Waals surface area contributed by atoms with Crippen molar-refractivity contribution in [3.8, 4) is 44.5 Å². The topological polar surface area (TPSA) is 0 Å². The Balaban J connectivity index is 1.48. The van der Waals surface area contributed by atoms with E-state index in [-0.39, 0.29) is 45.7 Å². The molecular weight excluding hydrogens is 537 g/mol. The van der Waals surface area contributed by atoms with Crippen molar-refractivity contribution in [3.63, 3.8) is 0 Å². The Bertz CT molecular complexity index is 2710. The monoisotopic (exact) mass is 570 g/mol. The lowest BCUT2D eigenvalue weighted by molar-refractivity contribution is 1.40. The van der Waals surface area contributed by atoms with Crippen LogP contribution >= 0.6 is 11.8 Å². The minimum Gasteiger partial charge on any atom is -0.0888 e. The van der Waals surface area contributed by atoms with Crippen molar-refractivity contribution < 1.29 is 11.0 Å². The molecule has 0 spiro atoms. The molecule has 0 saturated heterocycles. The Morgan fingerprint density at radius 1 is 0.372 bits per heavy atom. The summed E-state index contributed by atoms with van der Waals surface area (Å²) < 4.78 is 72.5. The van der Waals surface area contributed by atoms with E-state index in [2.05, 4.69) is 18.2 Å². The highest BCUT2D eigenvalue weighted by Gasteiger charge is 2.23. The van der Waals surface area contributed by atoms with Crippen LogP contribution in [0.1, 0.15) is 11.0 Å². The van der Waals surface area contributed by atoms with Crippen LogP contribution in [0.15, 0.2) is 167 Å². The molecule has 1 heterocycles. The third-order valence-electron chi connectivity index (χ3n) is 8.32. The molecule has 9 rings (SSSR count). The van der Waals surface area contributed by atoms with Gasteiger partial charge in [0.05, 0.1) is 11.0 Å². The lowest BCUT2D eigenvalue weighted by Crippen LogP contribution is -1.95. The lowest BCUT2D eigenvalue weighted by atomic mass is 9.84. The number of hydrogen-bond acceptors (Lipinski definition) is 1. The molecular formula is C42H26S. The Kier molecular flexibility index (Phi) is 4.02.